The lowest BCUT2D eigenvalue weighted by Crippen LogP contribution is -2.47. The Morgan fingerprint density at radius 3 is 3.00 bits per heavy atom. The van der Waals surface area contributed by atoms with E-state index in [0.717, 1.165) is 12.3 Å². The molecule has 5 heteroatoms. The molecule has 5 nitrogen and oxygen atoms in total. The molecule has 0 aromatic carbocycles. The van der Waals surface area contributed by atoms with Crippen LogP contribution in [0.25, 0.3) is 0 Å². The van der Waals surface area contributed by atoms with Crippen molar-refractivity contribution in [2.24, 2.45) is 10.9 Å². The van der Waals surface area contributed by atoms with Crippen LogP contribution in [0.15, 0.2) is 17.1 Å². The van der Waals surface area contributed by atoms with E-state index in [1.165, 1.54) is 0 Å². The third-order valence-corrected chi connectivity index (χ3v) is 2.25. The highest BCUT2D eigenvalue weighted by molar-refractivity contribution is 5.90. The SMILES string of the molecule is CNC(=O)NNC1=NC2C=CC1C2. The molecule has 1 aliphatic heterocycles. The fraction of sp³-hybridized carbons (Fsp3) is 0.500. The Morgan fingerprint density at radius 1 is 1.62 bits per heavy atom. The van der Waals surface area contributed by atoms with Crippen LogP contribution in [0.4, 0.5) is 4.79 Å². The second-order valence-corrected chi connectivity index (χ2v) is 3.14. The second-order valence-electron chi connectivity index (χ2n) is 3.14. The first-order valence-corrected chi connectivity index (χ1v) is 4.29. The van der Waals surface area contributed by atoms with Crippen LogP contribution in [0.1, 0.15) is 6.42 Å². The fourth-order valence-corrected chi connectivity index (χ4v) is 1.56. The molecule has 1 aliphatic carbocycles. The van der Waals surface area contributed by atoms with E-state index in [1.807, 2.05) is 0 Å². The minimum atomic E-state index is -0.255. The van der Waals surface area contributed by atoms with Crippen LogP contribution < -0.4 is 16.2 Å². The lowest BCUT2D eigenvalue weighted by atomic mass is 10.1. The van der Waals surface area contributed by atoms with Crippen LogP contribution in [-0.4, -0.2) is 25.0 Å². The van der Waals surface area contributed by atoms with Gasteiger partial charge in [0, 0.05) is 13.0 Å². The minimum absolute atomic E-state index is 0.255. The second kappa shape index (κ2) is 3.08. The number of carbonyl (C=O) groups excluding carboxylic acids is 1. The summed E-state index contributed by atoms with van der Waals surface area (Å²) in [5, 5.41) is 2.45. The summed E-state index contributed by atoms with van der Waals surface area (Å²) in [7, 11) is 1.57. The molecule has 2 atom stereocenters. The van der Waals surface area contributed by atoms with E-state index in [1.54, 1.807) is 7.05 Å². The number of hydrogen-bond acceptors (Lipinski definition) is 3. The van der Waals surface area contributed by atoms with Gasteiger partial charge in [0.2, 0.25) is 0 Å². The van der Waals surface area contributed by atoms with Crippen molar-refractivity contribution in [3.8, 4) is 0 Å². The Hall–Kier alpha value is -1.52. The highest BCUT2D eigenvalue weighted by Gasteiger charge is 2.29. The maximum Gasteiger partial charge on any atom is 0.333 e. The van der Waals surface area contributed by atoms with Gasteiger partial charge in [-0.3, -0.25) is 15.8 Å². The minimum Gasteiger partial charge on any atom is -0.340 e. The van der Waals surface area contributed by atoms with Gasteiger partial charge in [-0.25, -0.2) is 4.79 Å². The Morgan fingerprint density at radius 2 is 2.46 bits per heavy atom. The van der Waals surface area contributed by atoms with Crippen molar-refractivity contribution in [3.05, 3.63) is 12.2 Å². The van der Waals surface area contributed by atoms with E-state index in [0.29, 0.717) is 12.0 Å². The molecule has 3 N–H and O–H groups in total. The van der Waals surface area contributed by atoms with E-state index in [-0.39, 0.29) is 6.03 Å². The number of hydrogen-bond donors (Lipinski definition) is 3. The first-order valence-electron chi connectivity index (χ1n) is 4.29. The standard InChI is InChI=1S/C8H12N4O/c1-9-8(13)12-11-7-5-2-3-6(4-5)10-7/h2-3,5-6H,4H2,1H3,(H,10,11)(H2,9,12,13). The van der Waals surface area contributed by atoms with Gasteiger partial charge in [-0.2, -0.15) is 0 Å². The normalized spacial score (nSPS) is 28.5. The van der Waals surface area contributed by atoms with E-state index in [4.69, 9.17) is 0 Å². The summed E-state index contributed by atoms with van der Waals surface area (Å²) < 4.78 is 0. The number of nitrogens with zero attached hydrogens (tertiary/aromatic N) is 1. The Balaban J connectivity index is 1.84. The van der Waals surface area contributed by atoms with Gasteiger partial charge in [-0.1, -0.05) is 12.2 Å². The van der Waals surface area contributed by atoms with Crippen LogP contribution in [0, 0.1) is 5.92 Å². The smallest absolute Gasteiger partial charge is 0.333 e. The van der Waals surface area contributed by atoms with Crippen molar-refractivity contribution in [1.29, 1.82) is 0 Å². The fourth-order valence-electron chi connectivity index (χ4n) is 1.56. The first kappa shape index (κ1) is 8.10. The number of amides is 2. The molecule has 2 amide bonds. The van der Waals surface area contributed by atoms with E-state index in [2.05, 4.69) is 33.3 Å². The zero-order chi connectivity index (χ0) is 9.26. The van der Waals surface area contributed by atoms with Gasteiger partial charge in [-0.15, -0.1) is 0 Å². The Labute approximate surface area is 76.3 Å². The van der Waals surface area contributed by atoms with Crippen LogP contribution in [0.5, 0.6) is 0 Å². The molecular formula is C8H12N4O. The molecule has 70 valence electrons. The number of urea groups is 1. The molecule has 13 heavy (non-hydrogen) atoms. The van der Waals surface area contributed by atoms with Crippen molar-refractivity contribution < 1.29 is 4.79 Å². The lowest BCUT2D eigenvalue weighted by molar-refractivity contribution is 0.241. The molecule has 2 unspecified atom stereocenters. The number of nitrogens with one attached hydrogen (secondary N) is 3. The Bertz CT molecular complexity index is 284. The highest BCUT2D eigenvalue weighted by atomic mass is 16.2. The van der Waals surface area contributed by atoms with Crippen LogP contribution in [0.2, 0.25) is 0 Å². The summed E-state index contributed by atoms with van der Waals surface area (Å²) in [6, 6.07) is 0.0634. The number of rotatable bonds is 0. The van der Waals surface area contributed by atoms with Crippen molar-refractivity contribution in [3.63, 3.8) is 0 Å². The average molecular weight is 180 g/mol. The molecule has 0 aromatic rings. The topological polar surface area (TPSA) is 65.5 Å². The van der Waals surface area contributed by atoms with Gasteiger partial charge >= 0.3 is 6.03 Å². The van der Waals surface area contributed by atoms with Crippen molar-refractivity contribution in [1.82, 2.24) is 16.2 Å². The van der Waals surface area contributed by atoms with E-state index >= 15 is 0 Å². The number of hydrazine groups is 1. The number of aliphatic imine (C=N–C) groups is 1. The summed E-state index contributed by atoms with van der Waals surface area (Å²) >= 11 is 0. The van der Waals surface area contributed by atoms with Crippen LogP contribution >= 0.6 is 0 Å². The quantitative estimate of drug-likeness (QED) is 0.356. The van der Waals surface area contributed by atoms with Gasteiger partial charge < -0.3 is 5.32 Å². The van der Waals surface area contributed by atoms with Gasteiger partial charge in [0.25, 0.3) is 0 Å². The van der Waals surface area contributed by atoms with Gasteiger partial charge in [0.05, 0.1) is 6.04 Å². The zero-order valence-electron chi connectivity index (χ0n) is 7.37. The zero-order valence-corrected chi connectivity index (χ0v) is 7.37. The summed E-state index contributed by atoms with van der Waals surface area (Å²) in [6.07, 6.45) is 5.25. The molecule has 2 rings (SSSR count). The van der Waals surface area contributed by atoms with E-state index < -0.39 is 0 Å². The summed E-state index contributed by atoms with van der Waals surface area (Å²) in [6.45, 7) is 0. The molecular weight excluding hydrogens is 168 g/mol. The van der Waals surface area contributed by atoms with Crippen molar-refractivity contribution >= 4 is 11.9 Å². The number of dihydropyridines is 1. The molecule has 2 bridgehead atoms. The van der Waals surface area contributed by atoms with Gasteiger partial charge in [0.15, 0.2) is 0 Å². The molecule has 0 spiro atoms. The largest absolute Gasteiger partial charge is 0.340 e. The van der Waals surface area contributed by atoms with Gasteiger partial charge in [0.1, 0.15) is 5.84 Å². The third-order valence-electron chi connectivity index (χ3n) is 2.25. The molecule has 0 radical (unpaired) electrons. The van der Waals surface area contributed by atoms with Crippen LogP contribution in [-0.2, 0) is 0 Å². The number of carbonyl (C=O) groups is 1. The van der Waals surface area contributed by atoms with Gasteiger partial charge in [-0.05, 0) is 6.42 Å². The molecule has 0 saturated carbocycles. The summed E-state index contributed by atoms with van der Waals surface area (Å²) in [5.41, 5.74) is 5.29. The van der Waals surface area contributed by atoms with Crippen molar-refractivity contribution in [2.75, 3.05) is 7.05 Å². The molecule has 2 aliphatic rings. The molecule has 0 saturated heterocycles. The monoisotopic (exact) mass is 180 g/mol. The first-order chi connectivity index (χ1) is 6.29. The van der Waals surface area contributed by atoms with Crippen molar-refractivity contribution in [2.45, 2.75) is 12.5 Å². The van der Waals surface area contributed by atoms with Crippen LogP contribution in [0.3, 0.4) is 0 Å². The third kappa shape index (κ3) is 1.49. The highest BCUT2D eigenvalue weighted by Crippen LogP contribution is 2.27. The summed E-state index contributed by atoms with van der Waals surface area (Å²) in [4.78, 5) is 15.2. The molecule has 0 aromatic heterocycles. The number of fused-ring (bicyclic) bond motifs is 2. The van der Waals surface area contributed by atoms with E-state index in [9.17, 15) is 4.79 Å². The maximum absolute atomic E-state index is 10.8. The Kier molecular flexibility index (Phi) is 1.92. The molecule has 1 heterocycles. The predicted molar refractivity (Wildman–Crippen MR) is 49.2 cm³/mol. The number of amidine groups is 1. The lowest BCUT2D eigenvalue weighted by Gasteiger charge is -2.11. The predicted octanol–water partition coefficient (Wildman–Crippen LogP) is -0.223. The average Bonchev–Trinajstić information content (AvgIpc) is 2.74. The summed E-state index contributed by atoms with van der Waals surface area (Å²) in [5.74, 6) is 1.22. The molecule has 0 fully saturated rings. The maximum atomic E-state index is 10.8.